The van der Waals surface area contributed by atoms with Gasteiger partial charge in [-0.25, -0.2) is 9.59 Å². The Hall–Kier alpha value is -2.86. The Morgan fingerprint density at radius 3 is 2.22 bits per heavy atom. The van der Waals surface area contributed by atoms with E-state index in [1.165, 1.54) is 0 Å². The molecule has 120 valence electrons. The van der Waals surface area contributed by atoms with E-state index in [-0.39, 0.29) is 6.61 Å². The van der Waals surface area contributed by atoms with Gasteiger partial charge in [-0.2, -0.15) is 0 Å². The molecule has 0 saturated carbocycles. The van der Waals surface area contributed by atoms with Gasteiger partial charge in [0.05, 0.1) is 11.6 Å². The molecule has 0 aliphatic heterocycles. The highest BCUT2D eigenvalue weighted by Gasteiger charge is 2.15. The van der Waals surface area contributed by atoms with Crippen LogP contribution in [-0.2, 0) is 16.0 Å². The van der Waals surface area contributed by atoms with Crippen molar-refractivity contribution in [2.45, 2.75) is 12.5 Å². The maximum atomic E-state index is 11.9. The molecule has 6 nitrogen and oxygen atoms in total. The van der Waals surface area contributed by atoms with Gasteiger partial charge in [-0.3, -0.25) is 0 Å². The monoisotopic (exact) mass is 314 g/mol. The van der Waals surface area contributed by atoms with Gasteiger partial charge in [0.25, 0.3) is 0 Å². The van der Waals surface area contributed by atoms with Gasteiger partial charge in [0.2, 0.25) is 0 Å². The van der Waals surface area contributed by atoms with Crippen molar-refractivity contribution in [1.82, 2.24) is 5.48 Å². The summed E-state index contributed by atoms with van der Waals surface area (Å²) in [7, 11) is 0. The van der Waals surface area contributed by atoms with Crippen molar-refractivity contribution in [3.63, 3.8) is 0 Å². The Bertz CT molecular complexity index is 632. The lowest BCUT2D eigenvalue weighted by Gasteiger charge is -2.17. The molecule has 0 radical (unpaired) electrons. The molecule has 2 aromatic carbocycles. The Labute approximate surface area is 134 Å². The number of nitrogens with two attached hydrogens (primary N) is 1. The summed E-state index contributed by atoms with van der Waals surface area (Å²) < 4.78 is 4.80. The maximum Gasteiger partial charge on any atom is 0.404 e. The van der Waals surface area contributed by atoms with Crippen LogP contribution in [0.2, 0.25) is 0 Å². The molecule has 0 aromatic heterocycles. The highest BCUT2D eigenvalue weighted by atomic mass is 16.7. The number of amides is 1. The van der Waals surface area contributed by atoms with Gasteiger partial charge < -0.3 is 15.3 Å². The first kappa shape index (κ1) is 16.5. The van der Waals surface area contributed by atoms with E-state index in [9.17, 15) is 9.59 Å². The summed E-state index contributed by atoms with van der Waals surface area (Å²) >= 11 is 0. The number of carbonyl (C=O) groups is 2. The molecule has 3 N–H and O–H groups in total. The van der Waals surface area contributed by atoms with Crippen LogP contribution < -0.4 is 11.2 Å². The van der Waals surface area contributed by atoms with Crippen molar-refractivity contribution in [2.24, 2.45) is 5.73 Å². The normalized spacial score (nSPS) is 11.5. The molecule has 0 spiro atoms. The number of primary amides is 1. The van der Waals surface area contributed by atoms with Crippen LogP contribution in [0.25, 0.3) is 0 Å². The molecule has 6 heteroatoms. The van der Waals surface area contributed by atoms with Crippen molar-refractivity contribution in [3.8, 4) is 0 Å². The molecular weight excluding hydrogens is 296 g/mol. The number of carbonyl (C=O) groups excluding carboxylic acids is 2. The number of rotatable bonds is 7. The summed E-state index contributed by atoms with van der Waals surface area (Å²) in [6.07, 6.45) is -0.366. The predicted molar refractivity (Wildman–Crippen MR) is 84.5 cm³/mol. The minimum atomic E-state index is -0.876. The van der Waals surface area contributed by atoms with Crippen LogP contribution >= 0.6 is 0 Å². The van der Waals surface area contributed by atoms with E-state index < -0.39 is 18.1 Å². The van der Waals surface area contributed by atoms with Crippen LogP contribution in [0.15, 0.2) is 60.7 Å². The molecule has 0 heterocycles. The number of ether oxygens (including phenoxy) is 1. The van der Waals surface area contributed by atoms with E-state index in [1.807, 2.05) is 36.4 Å². The molecule has 0 aliphatic rings. The number of hydroxylamine groups is 1. The van der Waals surface area contributed by atoms with E-state index in [0.717, 1.165) is 5.56 Å². The van der Waals surface area contributed by atoms with Gasteiger partial charge in [-0.15, -0.1) is 5.48 Å². The quantitative estimate of drug-likeness (QED) is 0.763. The minimum Gasteiger partial charge on any atom is -0.448 e. The van der Waals surface area contributed by atoms with Crippen LogP contribution in [0.3, 0.4) is 0 Å². The average molecular weight is 314 g/mol. The zero-order valence-corrected chi connectivity index (χ0v) is 12.5. The zero-order chi connectivity index (χ0) is 16.5. The molecule has 1 atom stereocenters. The number of benzene rings is 2. The lowest BCUT2D eigenvalue weighted by atomic mass is 10.1. The summed E-state index contributed by atoms with van der Waals surface area (Å²) in [5.41, 5.74) is 9.06. The Morgan fingerprint density at radius 2 is 1.61 bits per heavy atom. The fourth-order valence-electron chi connectivity index (χ4n) is 1.99. The largest absolute Gasteiger partial charge is 0.448 e. The van der Waals surface area contributed by atoms with Gasteiger partial charge >= 0.3 is 12.1 Å². The second kappa shape index (κ2) is 8.55. The second-order valence-electron chi connectivity index (χ2n) is 4.89. The third-order valence-corrected chi connectivity index (χ3v) is 3.08. The molecular formula is C17H18N2O4. The molecule has 0 saturated heterocycles. The lowest BCUT2D eigenvalue weighted by Crippen LogP contribution is -2.38. The Kier molecular flexibility index (Phi) is 6.14. The lowest BCUT2D eigenvalue weighted by molar-refractivity contribution is 0.00737. The van der Waals surface area contributed by atoms with Crippen molar-refractivity contribution >= 4 is 12.1 Å². The molecule has 2 rings (SSSR count). The summed E-state index contributed by atoms with van der Waals surface area (Å²) in [5.74, 6) is -0.511. The molecule has 0 bridgehead atoms. The van der Waals surface area contributed by atoms with Crippen LogP contribution in [-0.4, -0.2) is 24.7 Å². The Morgan fingerprint density at radius 1 is 1.00 bits per heavy atom. The zero-order valence-electron chi connectivity index (χ0n) is 12.5. The van der Waals surface area contributed by atoms with Gasteiger partial charge in [0.15, 0.2) is 0 Å². The van der Waals surface area contributed by atoms with Gasteiger partial charge in [0, 0.05) is 0 Å². The van der Waals surface area contributed by atoms with E-state index in [2.05, 4.69) is 5.48 Å². The first-order valence-corrected chi connectivity index (χ1v) is 7.13. The minimum absolute atomic E-state index is 0.00764. The smallest absolute Gasteiger partial charge is 0.404 e. The number of hydrogen-bond acceptors (Lipinski definition) is 5. The summed E-state index contributed by atoms with van der Waals surface area (Å²) in [4.78, 5) is 27.8. The fraction of sp³-hybridized carbons (Fsp3) is 0.176. The summed E-state index contributed by atoms with van der Waals surface area (Å²) in [6, 6.07) is 17.8. The number of nitrogens with one attached hydrogen (secondary N) is 1. The molecule has 2 aromatic rings. The van der Waals surface area contributed by atoms with E-state index in [1.54, 1.807) is 24.3 Å². The van der Waals surface area contributed by atoms with Crippen molar-refractivity contribution in [2.75, 3.05) is 6.61 Å². The first-order chi connectivity index (χ1) is 11.1. The molecule has 0 fully saturated rings. The first-order valence-electron chi connectivity index (χ1n) is 7.13. The van der Waals surface area contributed by atoms with Crippen LogP contribution in [0.1, 0.15) is 15.9 Å². The average Bonchev–Trinajstić information content (AvgIpc) is 2.58. The van der Waals surface area contributed by atoms with Crippen molar-refractivity contribution < 1.29 is 19.2 Å². The molecule has 1 amide bonds. The third-order valence-electron chi connectivity index (χ3n) is 3.08. The highest BCUT2D eigenvalue weighted by molar-refractivity contribution is 5.89. The highest BCUT2D eigenvalue weighted by Crippen LogP contribution is 2.05. The standard InChI is InChI=1S/C17H18N2O4/c18-17(21)22-12-15(11-13-7-3-1-4-8-13)19-23-16(20)14-9-5-2-6-10-14/h1-10,15,19H,11-12H2,(H2,18,21). The molecule has 0 aliphatic carbocycles. The van der Waals surface area contributed by atoms with Crippen LogP contribution in [0.4, 0.5) is 4.79 Å². The van der Waals surface area contributed by atoms with Crippen molar-refractivity contribution in [1.29, 1.82) is 0 Å². The van der Waals surface area contributed by atoms with Gasteiger partial charge in [0.1, 0.15) is 6.61 Å². The van der Waals surface area contributed by atoms with Crippen LogP contribution in [0, 0.1) is 0 Å². The maximum absolute atomic E-state index is 11.9. The second-order valence-corrected chi connectivity index (χ2v) is 4.89. The van der Waals surface area contributed by atoms with E-state index in [0.29, 0.717) is 12.0 Å². The molecule has 23 heavy (non-hydrogen) atoms. The summed E-state index contributed by atoms with van der Waals surface area (Å²) in [6.45, 7) is -0.00764. The van der Waals surface area contributed by atoms with Gasteiger partial charge in [-0.1, -0.05) is 48.5 Å². The van der Waals surface area contributed by atoms with Gasteiger partial charge in [-0.05, 0) is 24.1 Å². The van der Waals surface area contributed by atoms with E-state index in [4.69, 9.17) is 15.3 Å². The van der Waals surface area contributed by atoms with Crippen molar-refractivity contribution in [3.05, 3.63) is 71.8 Å². The van der Waals surface area contributed by atoms with Crippen LogP contribution in [0.5, 0.6) is 0 Å². The Balaban J connectivity index is 1.94. The topological polar surface area (TPSA) is 90.7 Å². The predicted octanol–water partition coefficient (Wildman–Crippen LogP) is 2.05. The fourth-order valence-corrected chi connectivity index (χ4v) is 1.99. The molecule has 1 unspecified atom stereocenters. The summed E-state index contributed by atoms with van der Waals surface area (Å²) in [5, 5.41) is 0. The number of hydrogen-bond donors (Lipinski definition) is 2. The van der Waals surface area contributed by atoms with E-state index >= 15 is 0 Å². The SMILES string of the molecule is NC(=O)OCC(Cc1ccccc1)NOC(=O)c1ccccc1. The third kappa shape index (κ3) is 5.80.